The summed E-state index contributed by atoms with van der Waals surface area (Å²) in [5.41, 5.74) is 5.17. The van der Waals surface area contributed by atoms with Crippen LogP contribution in [0.2, 0.25) is 0 Å². The summed E-state index contributed by atoms with van der Waals surface area (Å²) >= 11 is 5.71. The van der Waals surface area contributed by atoms with Gasteiger partial charge in [-0.05, 0) is 46.0 Å². The van der Waals surface area contributed by atoms with Crippen molar-refractivity contribution in [2.75, 3.05) is 58.7 Å². The van der Waals surface area contributed by atoms with E-state index in [2.05, 4.69) is 29.6 Å². The minimum atomic E-state index is -0.667. The highest BCUT2D eigenvalue weighted by molar-refractivity contribution is 6.68. The molecule has 3 aromatic carbocycles. The summed E-state index contributed by atoms with van der Waals surface area (Å²) in [6.45, 7) is 2.52. The lowest BCUT2D eigenvalue weighted by Gasteiger charge is -2.15. The molecule has 0 saturated carbocycles. The average molecular weight is 540 g/mol. The molecule has 0 saturated heterocycles. The molecule has 0 unspecified atom stereocenters. The number of carbonyl (C=O) groups is 2. The van der Waals surface area contributed by atoms with Crippen LogP contribution < -0.4 is 10.1 Å². The molecular weight excluding hydrogens is 510 g/mol. The molecule has 9 heteroatoms. The molecule has 1 aliphatic rings. The molecule has 0 bridgehead atoms. The number of hydrogen-bond donors (Lipinski definition) is 1. The summed E-state index contributed by atoms with van der Waals surface area (Å²) in [7, 11) is 1.61. The van der Waals surface area contributed by atoms with E-state index in [0.29, 0.717) is 32.1 Å². The van der Waals surface area contributed by atoms with E-state index in [1.165, 1.54) is 12.1 Å². The van der Waals surface area contributed by atoms with Gasteiger partial charge >= 0.3 is 6.09 Å². The Morgan fingerprint density at radius 2 is 1.42 bits per heavy atom. The van der Waals surface area contributed by atoms with E-state index in [1.54, 1.807) is 13.2 Å². The maximum absolute atomic E-state index is 12.6. The number of halogens is 1. The van der Waals surface area contributed by atoms with E-state index >= 15 is 0 Å². The van der Waals surface area contributed by atoms with Gasteiger partial charge in [-0.3, -0.25) is 10.1 Å². The van der Waals surface area contributed by atoms with Crippen LogP contribution in [0.4, 0.5) is 10.5 Å². The molecule has 1 amide bonds. The molecule has 0 aliphatic heterocycles. The van der Waals surface area contributed by atoms with Crippen LogP contribution in [-0.2, 0) is 18.9 Å². The molecule has 8 nitrogen and oxygen atoms in total. The Morgan fingerprint density at radius 1 is 0.816 bits per heavy atom. The van der Waals surface area contributed by atoms with Gasteiger partial charge in [-0.15, -0.1) is 0 Å². The Hall–Kier alpha value is -3.43. The number of ether oxygens (including phenoxy) is 5. The number of hydrogen-bond acceptors (Lipinski definition) is 7. The zero-order chi connectivity index (χ0) is 26.7. The Balaban J connectivity index is 1.30. The fourth-order valence-corrected chi connectivity index (χ4v) is 4.47. The first-order chi connectivity index (χ1) is 18.6. The Labute approximate surface area is 226 Å². The van der Waals surface area contributed by atoms with Gasteiger partial charge in [0.25, 0.3) is 5.24 Å². The van der Waals surface area contributed by atoms with E-state index in [9.17, 15) is 9.59 Å². The fourth-order valence-electron chi connectivity index (χ4n) is 4.31. The molecule has 0 heterocycles. The molecule has 200 valence electrons. The number of rotatable bonds is 14. The van der Waals surface area contributed by atoms with Gasteiger partial charge in [0.1, 0.15) is 19.0 Å². The van der Waals surface area contributed by atoms with Crippen molar-refractivity contribution in [2.24, 2.45) is 0 Å². The third kappa shape index (κ3) is 7.11. The van der Waals surface area contributed by atoms with E-state index in [4.69, 9.17) is 35.3 Å². The molecule has 3 aromatic rings. The third-order valence-corrected chi connectivity index (χ3v) is 6.28. The molecule has 1 N–H and O–H groups in total. The molecule has 0 radical (unpaired) electrons. The van der Waals surface area contributed by atoms with Crippen molar-refractivity contribution in [1.29, 1.82) is 0 Å². The van der Waals surface area contributed by atoms with E-state index < -0.39 is 11.3 Å². The Morgan fingerprint density at radius 3 is 2.05 bits per heavy atom. The van der Waals surface area contributed by atoms with Crippen molar-refractivity contribution in [1.82, 2.24) is 0 Å². The minimum absolute atomic E-state index is 0.0475. The molecule has 0 aromatic heterocycles. The smallest absolute Gasteiger partial charge is 0.411 e. The van der Waals surface area contributed by atoms with E-state index in [0.717, 1.165) is 22.3 Å². The van der Waals surface area contributed by atoms with Gasteiger partial charge in [0.15, 0.2) is 0 Å². The van der Waals surface area contributed by atoms with E-state index in [-0.39, 0.29) is 37.1 Å². The van der Waals surface area contributed by atoms with Crippen molar-refractivity contribution in [3.8, 4) is 16.9 Å². The van der Waals surface area contributed by atoms with Crippen molar-refractivity contribution >= 4 is 28.6 Å². The summed E-state index contributed by atoms with van der Waals surface area (Å²) in [6.07, 6.45) is -0.612. The minimum Gasteiger partial charge on any atom is -0.490 e. The van der Waals surface area contributed by atoms with Crippen molar-refractivity contribution in [3.05, 3.63) is 83.4 Å². The second-order valence-electron chi connectivity index (χ2n) is 8.50. The number of carbonyl (C=O) groups excluding carboxylic acids is 2. The maximum Gasteiger partial charge on any atom is 0.411 e. The first-order valence-electron chi connectivity index (χ1n) is 12.3. The zero-order valence-corrected chi connectivity index (χ0v) is 21.9. The highest BCUT2D eigenvalue weighted by atomic mass is 35.5. The fraction of sp³-hybridized carbons (Fsp3) is 0.310. The largest absolute Gasteiger partial charge is 0.490 e. The first kappa shape index (κ1) is 27.6. The van der Waals surface area contributed by atoms with Crippen molar-refractivity contribution < 1.29 is 33.3 Å². The molecule has 0 atom stereocenters. The van der Waals surface area contributed by atoms with Gasteiger partial charge < -0.3 is 23.7 Å². The van der Waals surface area contributed by atoms with Crippen LogP contribution >= 0.6 is 11.6 Å². The second-order valence-corrected chi connectivity index (χ2v) is 8.84. The number of anilines is 1. The van der Waals surface area contributed by atoms with E-state index in [1.807, 2.05) is 24.3 Å². The molecule has 1 aliphatic carbocycles. The predicted octanol–water partition coefficient (Wildman–Crippen LogP) is 5.49. The zero-order valence-electron chi connectivity index (χ0n) is 21.1. The normalized spacial score (nSPS) is 12.1. The van der Waals surface area contributed by atoms with Crippen LogP contribution in [0.25, 0.3) is 11.1 Å². The predicted molar refractivity (Wildman–Crippen MR) is 144 cm³/mol. The second kappa shape index (κ2) is 13.9. The summed E-state index contributed by atoms with van der Waals surface area (Å²) < 4.78 is 27.0. The standard InChI is InChI=1S/C29H30ClNO7/c1-34-12-13-35-14-15-36-16-17-37-27-18-20(10-11-25(27)28(30)32)31-29(33)38-19-26-23-8-4-2-6-21(23)22-7-3-5-9-24(22)26/h2-11,18,26H,12-17,19H2,1H3,(H,31,33). The topological polar surface area (TPSA) is 92.3 Å². The summed E-state index contributed by atoms with van der Waals surface area (Å²) in [5.74, 6) is 0.190. The van der Waals surface area contributed by atoms with Crippen molar-refractivity contribution in [3.63, 3.8) is 0 Å². The lowest BCUT2D eigenvalue weighted by Crippen LogP contribution is -2.18. The lowest BCUT2D eigenvalue weighted by atomic mass is 9.98. The van der Waals surface area contributed by atoms with Crippen LogP contribution in [0.3, 0.4) is 0 Å². The van der Waals surface area contributed by atoms with Crippen LogP contribution in [0.1, 0.15) is 27.4 Å². The molecule has 4 rings (SSSR count). The van der Waals surface area contributed by atoms with Crippen molar-refractivity contribution in [2.45, 2.75) is 5.92 Å². The molecule has 0 fully saturated rings. The average Bonchev–Trinajstić information content (AvgIpc) is 3.24. The van der Waals surface area contributed by atoms with Crippen LogP contribution in [0.5, 0.6) is 5.75 Å². The SMILES string of the molecule is COCCOCCOCCOc1cc(NC(=O)OCC2c3ccccc3-c3ccccc32)ccc1C(=O)Cl. The summed E-state index contributed by atoms with van der Waals surface area (Å²) in [5, 5.41) is 2.04. The van der Waals surface area contributed by atoms with Gasteiger partial charge in [0, 0.05) is 24.8 Å². The van der Waals surface area contributed by atoms with Gasteiger partial charge in [0.2, 0.25) is 0 Å². The van der Waals surface area contributed by atoms with Gasteiger partial charge in [0.05, 0.1) is 38.6 Å². The molecular formula is C29H30ClNO7. The first-order valence-corrected chi connectivity index (χ1v) is 12.7. The Bertz CT molecular complexity index is 1200. The molecule has 0 spiro atoms. The number of fused-ring (bicyclic) bond motifs is 3. The van der Waals surface area contributed by atoms with Crippen LogP contribution in [0.15, 0.2) is 66.7 Å². The lowest BCUT2D eigenvalue weighted by molar-refractivity contribution is 0.0179. The third-order valence-electron chi connectivity index (χ3n) is 6.07. The monoisotopic (exact) mass is 539 g/mol. The van der Waals surface area contributed by atoms with Gasteiger partial charge in [-0.1, -0.05) is 48.5 Å². The summed E-state index contributed by atoms with van der Waals surface area (Å²) in [4.78, 5) is 24.5. The summed E-state index contributed by atoms with van der Waals surface area (Å²) in [6, 6.07) is 20.9. The van der Waals surface area contributed by atoms with Gasteiger partial charge in [-0.25, -0.2) is 4.79 Å². The maximum atomic E-state index is 12.6. The van der Waals surface area contributed by atoms with Crippen LogP contribution in [-0.4, -0.2) is 64.7 Å². The number of methoxy groups -OCH3 is 1. The Kier molecular flexibility index (Phi) is 10.1. The highest BCUT2D eigenvalue weighted by Gasteiger charge is 2.29. The highest BCUT2D eigenvalue weighted by Crippen LogP contribution is 2.44. The number of amides is 1. The van der Waals surface area contributed by atoms with Crippen LogP contribution in [0, 0.1) is 0 Å². The number of benzene rings is 3. The van der Waals surface area contributed by atoms with Gasteiger partial charge in [-0.2, -0.15) is 0 Å². The quantitative estimate of drug-likeness (QED) is 0.214. The number of nitrogens with one attached hydrogen (secondary N) is 1. The molecule has 38 heavy (non-hydrogen) atoms.